The number of carbonyl (C=O) groups is 1. The predicted octanol–water partition coefficient (Wildman–Crippen LogP) is -0.254. The molecule has 0 heterocycles. The van der Waals surface area contributed by atoms with E-state index in [1.807, 2.05) is 13.8 Å². The molecule has 0 atom stereocenters. The summed E-state index contributed by atoms with van der Waals surface area (Å²) in [6.07, 6.45) is 1.09. The highest BCUT2D eigenvalue weighted by Gasteiger charge is 2.17. The van der Waals surface area contributed by atoms with Gasteiger partial charge in [-0.05, 0) is 13.8 Å². The summed E-state index contributed by atoms with van der Waals surface area (Å²) < 4.78 is 23.1. The molecule has 0 N–H and O–H groups in total. The van der Waals surface area contributed by atoms with Gasteiger partial charge in [0.15, 0.2) is 0 Å². The molecule has 1 amide bonds. The molecule has 0 aromatic carbocycles. The van der Waals surface area contributed by atoms with E-state index in [9.17, 15) is 13.2 Å². The fourth-order valence-corrected chi connectivity index (χ4v) is 1.33. The molecule has 0 fully saturated rings. The van der Waals surface area contributed by atoms with Crippen LogP contribution < -0.4 is 0 Å². The van der Waals surface area contributed by atoms with E-state index < -0.39 is 10.0 Å². The van der Waals surface area contributed by atoms with Crippen molar-refractivity contribution in [3.05, 3.63) is 0 Å². The Kier molecular flexibility index (Phi) is 5.07. The lowest BCUT2D eigenvalue weighted by molar-refractivity contribution is -0.130. The molecule has 0 aromatic rings. The Labute approximate surface area is 85.7 Å². The maximum Gasteiger partial charge on any atom is 0.237 e. The second kappa shape index (κ2) is 5.31. The van der Waals surface area contributed by atoms with Crippen LogP contribution in [0.2, 0.25) is 0 Å². The second-order valence-electron chi connectivity index (χ2n) is 3.09. The van der Waals surface area contributed by atoms with E-state index in [4.69, 9.17) is 0 Å². The monoisotopic (exact) mass is 222 g/mol. The third kappa shape index (κ3) is 4.06. The molecule has 0 radical (unpaired) electrons. The molecule has 14 heavy (non-hydrogen) atoms. The van der Waals surface area contributed by atoms with E-state index in [0.717, 1.165) is 10.6 Å². The van der Waals surface area contributed by atoms with Crippen molar-refractivity contribution in [3.8, 4) is 0 Å². The van der Waals surface area contributed by atoms with Crippen LogP contribution in [0, 0.1) is 0 Å². The Bertz CT molecular complexity index is 283. The van der Waals surface area contributed by atoms with E-state index in [1.54, 1.807) is 4.90 Å². The minimum Gasteiger partial charge on any atom is -0.342 e. The Morgan fingerprint density at radius 1 is 1.21 bits per heavy atom. The first-order valence-electron chi connectivity index (χ1n) is 4.52. The highest BCUT2D eigenvalue weighted by Crippen LogP contribution is 1.96. The van der Waals surface area contributed by atoms with Gasteiger partial charge in [-0.25, -0.2) is 8.42 Å². The standard InChI is InChI=1S/C8H18N2O3S/c1-5-10(6-2)8(11)7-9(3)14(4,12)13/h5-7H2,1-4H3. The van der Waals surface area contributed by atoms with Gasteiger partial charge in [0.25, 0.3) is 0 Å². The van der Waals surface area contributed by atoms with Crippen molar-refractivity contribution in [2.45, 2.75) is 13.8 Å². The third-order valence-corrected chi connectivity index (χ3v) is 3.30. The van der Waals surface area contributed by atoms with Crippen molar-refractivity contribution in [2.24, 2.45) is 0 Å². The van der Waals surface area contributed by atoms with Gasteiger partial charge in [0.1, 0.15) is 0 Å². The molecule has 0 saturated heterocycles. The first-order chi connectivity index (χ1) is 6.32. The van der Waals surface area contributed by atoms with Gasteiger partial charge in [-0.2, -0.15) is 4.31 Å². The first kappa shape index (κ1) is 13.4. The molecule has 0 spiro atoms. The average Bonchev–Trinajstić information content (AvgIpc) is 2.04. The molecule has 0 unspecified atom stereocenters. The lowest BCUT2D eigenvalue weighted by Crippen LogP contribution is -2.40. The summed E-state index contributed by atoms with van der Waals surface area (Å²) in [6, 6.07) is 0. The van der Waals surface area contributed by atoms with Crippen LogP contribution in [-0.2, 0) is 14.8 Å². The number of likely N-dealkylation sites (N-methyl/N-ethyl adjacent to an activating group) is 2. The highest BCUT2D eigenvalue weighted by atomic mass is 32.2. The molecule has 0 bridgehead atoms. The number of sulfonamides is 1. The van der Waals surface area contributed by atoms with Crippen LogP contribution in [0.4, 0.5) is 0 Å². The second-order valence-corrected chi connectivity index (χ2v) is 5.17. The SMILES string of the molecule is CCN(CC)C(=O)CN(C)S(C)(=O)=O. The van der Waals surface area contributed by atoms with Crippen LogP contribution in [0.1, 0.15) is 13.8 Å². The predicted molar refractivity (Wildman–Crippen MR) is 55.4 cm³/mol. The Morgan fingerprint density at radius 2 is 1.64 bits per heavy atom. The van der Waals surface area contributed by atoms with E-state index >= 15 is 0 Å². The summed E-state index contributed by atoms with van der Waals surface area (Å²) >= 11 is 0. The number of hydrogen-bond acceptors (Lipinski definition) is 3. The van der Waals surface area contributed by atoms with Crippen molar-refractivity contribution in [1.82, 2.24) is 9.21 Å². The van der Waals surface area contributed by atoms with Crippen LogP contribution in [0.3, 0.4) is 0 Å². The molecular formula is C8H18N2O3S. The quantitative estimate of drug-likeness (QED) is 0.644. The summed E-state index contributed by atoms with van der Waals surface area (Å²) in [5, 5.41) is 0. The zero-order chi connectivity index (χ0) is 11.4. The minimum absolute atomic E-state index is 0.0828. The normalized spacial score (nSPS) is 11.8. The molecular weight excluding hydrogens is 204 g/mol. The van der Waals surface area contributed by atoms with Crippen molar-refractivity contribution in [2.75, 3.05) is 32.9 Å². The average molecular weight is 222 g/mol. The summed E-state index contributed by atoms with van der Waals surface area (Å²) in [5.41, 5.74) is 0. The number of amides is 1. The maximum absolute atomic E-state index is 11.5. The van der Waals surface area contributed by atoms with Gasteiger partial charge in [0.05, 0.1) is 12.8 Å². The number of rotatable bonds is 5. The Hall–Kier alpha value is -0.620. The van der Waals surface area contributed by atoms with Crippen LogP contribution in [-0.4, -0.2) is 56.5 Å². The summed E-state index contributed by atoms with van der Waals surface area (Å²) in [7, 11) is -1.86. The highest BCUT2D eigenvalue weighted by molar-refractivity contribution is 7.88. The molecule has 0 aliphatic heterocycles. The number of carbonyl (C=O) groups excluding carboxylic acids is 1. The van der Waals surface area contributed by atoms with Gasteiger partial charge in [-0.1, -0.05) is 0 Å². The maximum atomic E-state index is 11.5. The van der Waals surface area contributed by atoms with E-state index in [0.29, 0.717) is 13.1 Å². The van der Waals surface area contributed by atoms with E-state index in [2.05, 4.69) is 0 Å². The van der Waals surface area contributed by atoms with Gasteiger partial charge in [-0.3, -0.25) is 4.79 Å². The molecule has 0 aliphatic carbocycles. The molecule has 84 valence electrons. The van der Waals surface area contributed by atoms with Gasteiger partial charge in [0, 0.05) is 20.1 Å². The van der Waals surface area contributed by atoms with Crippen molar-refractivity contribution < 1.29 is 13.2 Å². The van der Waals surface area contributed by atoms with Crippen LogP contribution >= 0.6 is 0 Å². The van der Waals surface area contributed by atoms with Crippen molar-refractivity contribution in [3.63, 3.8) is 0 Å². The van der Waals surface area contributed by atoms with Gasteiger partial charge in [0.2, 0.25) is 15.9 Å². The molecule has 0 rings (SSSR count). The third-order valence-electron chi connectivity index (χ3n) is 2.04. The van der Waals surface area contributed by atoms with Gasteiger partial charge >= 0.3 is 0 Å². The lowest BCUT2D eigenvalue weighted by atomic mass is 10.4. The van der Waals surface area contributed by atoms with E-state index in [1.165, 1.54) is 7.05 Å². The summed E-state index contributed by atoms with van der Waals surface area (Å²) in [5.74, 6) is -0.164. The van der Waals surface area contributed by atoms with Gasteiger partial charge < -0.3 is 4.90 Å². The smallest absolute Gasteiger partial charge is 0.237 e. The molecule has 5 nitrogen and oxygen atoms in total. The summed E-state index contributed by atoms with van der Waals surface area (Å²) in [4.78, 5) is 13.1. The van der Waals surface area contributed by atoms with Crippen LogP contribution in [0.25, 0.3) is 0 Å². The van der Waals surface area contributed by atoms with E-state index in [-0.39, 0.29) is 12.5 Å². The Morgan fingerprint density at radius 3 is 1.93 bits per heavy atom. The van der Waals surface area contributed by atoms with Crippen LogP contribution in [0.5, 0.6) is 0 Å². The Balaban J connectivity index is 4.33. The van der Waals surface area contributed by atoms with Crippen LogP contribution in [0.15, 0.2) is 0 Å². The van der Waals surface area contributed by atoms with Crippen molar-refractivity contribution in [1.29, 1.82) is 0 Å². The van der Waals surface area contributed by atoms with Crippen molar-refractivity contribution >= 4 is 15.9 Å². The molecule has 6 heteroatoms. The fourth-order valence-electron chi connectivity index (χ4n) is 0.984. The lowest BCUT2D eigenvalue weighted by Gasteiger charge is -2.21. The topological polar surface area (TPSA) is 57.7 Å². The fraction of sp³-hybridized carbons (Fsp3) is 0.875. The number of nitrogens with zero attached hydrogens (tertiary/aromatic N) is 2. The van der Waals surface area contributed by atoms with Gasteiger partial charge in [-0.15, -0.1) is 0 Å². The first-order valence-corrected chi connectivity index (χ1v) is 6.36. The zero-order valence-corrected chi connectivity index (χ0v) is 9.97. The largest absolute Gasteiger partial charge is 0.342 e. The zero-order valence-electron chi connectivity index (χ0n) is 9.15. The summed E-state index contributed by atoms with van der Waals surface area (Å²) in [6.45, 7) is 4.85. The molecule has 0 aliphatic rings. The number of hydrogen-bond donors (Lipinski definition) is 0. The molecule has 0 saturated carbocycles. The minimum atomic E-state index is -3.26. The molecule has 0 aromatic heterocycles.